The Morgan fingerprint density at radius 3 is 2.20 bits per heavy atom. The molecule has 0 aliphatic heterocycles. The van der Waals surface area contributed by atoms with E-state index in [-0.39, 0.29) is 30.4 Å². The molecule has 126 valence electrons. The number of phenolic OH excluding ortho intramolecular Hbond substituents is 1. The number of anilines is 1. The van der Waals surface area contributed by atoms with Crippen LogP contribution in [0.5, 0.6) is 5.75 Å². The molecule has 1 aromatic heterocycles. The van der Waals surface area contributed by atoms with Crippen molar-refractivity contribution in [2.24, 2.45) is 0 Å². The van der Waals surface area contributed by atoms with E-state index in [1.54, 1.807) is 30.5 Å². The van der Waals surface area contributed by atoms with Gasteiger partial charge in [0.05, 0.1) is 5.52 Å². The number of aromatic hydroxyl groups is 1. The topological polar surface area (TPSA) is 36.4 Å². The zero-order valence-electron chi connectivity index (χ0n) is 14.5. The fourth-order valence-corrected chi connectivity index (χ4v) is 2.24. The third-order valence-electron chi connectivity index (χ3n) is 3.57. The number of benzene rings is 2. The van der Waals surface area contributed by atoms with Crippen LogP contribution in [0.1, 0.15) is 5.56 Å². The van der Waals surface area contributed by atoms with Gasteiger partial charge in [0.1, 0.15) is 11.6 Å². The number of hydrogen-bond acceptors (Lipinski definition) is 3. The van der Waals surface area contributed by atoms with Gasteiger partial charge in [0.25, 0.3) is 0 Å². The summed E-state index contributed by atoms with van der Waals surface area (Å²) in [6.45, 7) is 12.6. The molecule has 1 N–H and O–H groups in total. The predicted octanol–water partition coefficient (Wildman–Crippen LogP) is 1.43. The Bertz CT molecular complexity index is 749. The van der Waals surface area contributed by atoms with Crippen LogP contribution in [0.2, 0.25) is 0 Å². The van der Waals surface area contributed by atoms with Gasteiger partial charge in [-0.25, -0.2) is 4.39 Å². The number of fused-ring (bicyclic) bond motifs is 1. The summed E-state index contributed by atoms with van der Waals surface area (Å²) in [5.74, 6) is -0.00942. The number of nitrogens with zero attached hydrogens (tertiary/aromatic N) is 2. The minimum atomic E-state index is -0.216. The average Bonchev–Trinajstić information content (AvgIpc) is 2.62. The van der Waals surface area contributed by atoms with Crippen molar-refractivity contribution in [1.82, 2.24) is 4.98 Å². The standard InChI is InChI=1S/C10H12FN.C10H8NO.Li/c1-3-12(4-2)10-7-5-9(11)6-8-10;1-7-4-5-9(12)10-8(7)3-2-6-11-10;/h5-8H,1-4H2;2-6,12H,1H2;/q-2;-1;+1. The van der Waals surface area contributed by atoms with E-state index in [9.17, 15) is 9.50 Å². The van der Waals surface area contributed by atoms with Gasteiger partial charge in [-0.1, -0.05) is 17.5 Å². The normalized spacial score (nSPS) is 9.72. The van der Waals surface area contributed by atoms with Gasteiger partial charge in [-0.3, -0.25) is 4.98 Å². The molecule has 0 aliphatic rings. The molecule has 0 unspecified atom stereocenters. The van der Waals surface area contributed by atoms with Crippen LogP contribution in [0.15, 0.2) is 54.7 Å². The second kappa shape index (κ2) is 9.98. The van der Waals surface area contributed by atoms with Crippen molar-refractivity contribution in [2.75, 3.05) is 18.0 Å². The van der Waals surface area contributed by atoms with Gasteiger partial charge in [-0.15, -0.1) is 19.2 Å². The van der Waals surface area contributed by atoms with Crippen LogP contribution >= 0.6 is 0 Å². The first-order valence-corrected chi connectivity index (χ1v) is 7.54. The fourth-order valence-electron chi connectivity index (χ4n) is 2.24. The van der Waals surface area contributed by atoms with E-state index in [2.05, 4.69) is 25.8 Å². The van der Waals surface area contributed by atoms with E-state index < -0.39 is 0 Å². The zero-order valence-corrected chi connectivity index (χ0v) is 14.5. The van der Waals surface area contributed by atoms with Crippen LogP contribution in [0.4, 0.5) is 10.1 Å². The number of phenols is 1. The Kier molecular flexibility index (Phi) is 8.34. The maximum atomic E-state index is 12.5. The third-order valence-corrected chi connectivity index (χ3v) is 3.57. The predicted molar refractivity (Wildman–Crippen MR) is 97.2 cm³/mol. The maximum absolute atomic E-state index is 12.5. The smallest absolute Gasteiger partial charge is 0.508 e. The molecule has 0 bridgehead atoms. The van der Waals surface area contributed by atoms with E-state index >= 15 is 0 Å². The second-order valence-electron chi connectivity index (χ2n) is 5.11. The molecule has 0 atom stereocenters. The number of aromatic nitrogens is 1. The summed E-state index contributed by atoms with van der Waals surface area (Å²) >= 11 is 0. The van der Waals surface area contributed by atoms with Gasteiger partial charge < -0.3 is 23.9 Å². The van der Waals surface area contributed by atoms with E-state index in [1.165, 1.54) is 12.1 Å². The quantitative estimate of drug-likeness (QED) is 0.583. The summed E-state index contributed by atoms with van der Waals surface area (Å²) in [5, 5.41) is 10.3. The van der Waals surface area contributed by atoms with Crippen molar-refractivity contribution in [3.63, 3.8) is 0 Å². The Morgan fingerprint density at radius 2 is 1.64 bits per heavy atom. The van der Waals surface area contributed by atoms with Crippen LogP contribution < -0.4 is 23.8 Å². The van der Waals surface area contributed by atoms with Crippen molar-refractivity contribution in [3.8, 4) is 5.75 Å². The molecular formula is C20H20FLiN2O-2. The first-order valence-electron chi connectivity index (χ1n) is 7.54. The molecule has 3 nitrogen and oxygen atoms in total. The molecule has 0 aliphatic carbocycles. The Labute approximate surface area is 160 Å². The fraction of sp³-hybridized carbons (Fsp3) is 0.100. The molecule has 0 radical (unpaired) electrons. The molecule has 3 aromatic rings. The van der Waals surface area contributed by atoms with E-state index in [0.29, 0.717) is 18.6 Å². The zero-order chi connectivity index (χ0) is 17.5. The van der Waals surface area contributed by atoms with E-state index in [0.717, 1.165) is 16.6 Å². The van der Waals surface area contributed by atoms with Crippen molar-refractivity contribution < 1.29 is 28.4 Å². The van der Waals surface area contributed by atoms with Gasteiger partial charge in [-0.2, -0.15) is 18.6 Å². The molecule has 2 aromatic carbocycles. The van der Waals surface area contributed by atoms with Crippen LogP contribution in [-0.2, 0) is 0 Å². The molecule has 1 heterocycles. The van der Waals surface area contributed by atoms with Gasteiger partial charge in [-0.05, 0) is 24.3 Å². The van der Waals surface area contributed by atoms with Crippen LogP contribution in [0.25, 0.3) is 10.9 Å². The summed E-state index contributed by atoms with van der Waals surface area (Å²) in [5.41, 5.74) is 2.46. The van der Waals surface area contributed by atoms with Crippen LogP contribution in [-0.4, -0.2) is 23.2 Å². The molecule has 5 heteroatoms. The Morgan fingerprint density at radius 1 is 1.00 bits per heavy atom. The molecule has 0 amide bonds. The van der Waals surface area contributed by atoms with Crippen LogP contribution in [0.3, 0.4) is 0 Å². The van der Waals surface area contributed by atoms with Gasteiger partial charge in [0.15, 0.2) is 0 Å². The Hall–Kier alpha value is -2.15. The van der Waals surface area contributed by atoms with Crippen molar-refractivity contribution in [1.29, 1.82) is 0 Å². The molecule has 0 saturated heterocycles. The summed E-state index contributed by atoms with van der Waals surface area (Å²) in [6.07, 6.45) is 1.65. The average molecular weight is 330 g/mol. The van der Waals surface area contributed by atoms with Crippen molar-refractivity contribution in [2.45, 2.75) is 0 Å². The summed E-state index contributed by atoms with van der Waals surface area (Å²) in [4.78, 5) is 6.01. The van der Waals surface area contributed by atoms with E-state index in [1.807, 2.05) is 17.0 Å². The number of rotatable bonds is 3. The molecule has 0 saturated carbocycles. The molecule has 0 fully saturated rings. The summed E-state index contributed by atoms with van der Waals surface area (Å²) in [6, 6.07) is 13.4. The monoisotopic (exact) mass is 330 g/mol. The maximum Gasteiger partial charge on any atom is 1.00 e. The minimum absolute atomic E-state index is 0. The Balaban J connectivity index is 0.000000240. The molecular weight excluding hydrogens is 310 g/mol. The number of pyridine rings is 1. The van der Waals surface area contributed by atoms with Gasteiger partial charge >= 0.3 is 18.9 Å². The second-order valence-corrected chi connectivity index (χ2v) is 5.11. The van der Waals surface area contributed by atoms with Crippen molar-refractivity contribution >= 4 is 16.6 Å². The number of halogens is 1. The van der Waals surface area contributed by atoms with Crippen molar-refractivity contribution in [3.05, 3.63) is 86.9 Å². The van der Waals surface area contributed by atoms with Gasteiger partial charge in [0.2, 0.25) is 0 Å². The molecule has 25 heavy (non-hydrogen) atoms. The largest absolute Gasteiger partial charge is 1.00 e. The molecule has 0 spiro atoms. The first-order chi connectivity index (χ1) is 11.6. The summed E-state index contributed by atoms with van der Waals surface area (Å²) < 4.78 is 12.5. The first kappa shape index (κ1) is 20.9. The minimum Gasteiger partial charge on any atom is -0.508 e. The number of hydrogen-bond donors (Lipinski definition) is 1. The summed E-state index contributed by atoms with van der Waals surface area (Å²) in [7, 11) is 0. The SMILES string of the molecule is [CH2-]CN(C[CH2-])c1ccc(F)cc1.[CH2-]c1ccc(O)c2ncccc12.[Li+]. The third kappa shape index (κ3) is 5.42. The van der Waals surface area contributed by atoms with Crippen LogP contribution in [0, 0.1) is 26.6 Å². The molecule has 3 rings (SSSR count). The van der Waals surface area contributed by atoms with E-state index in [4.69, 9.17) is 0 Å². The van der Waals surface area contributed by atoms with Gasteiger partial charge in [0, 0.05) is 11.9 Å².